The standard InChI is InChI=1S/C22H33N5O2S/c1-13(2)12-27-19(11-10-18(23)28)25-26-22(27)30-16(6)21(29)24-20-15(5)8-7-9-17(20)14(3)4/h7-9,13-14,16H,10-12H2,1-6H3,(H2,23,28)(H,24,29). The number of rotatable bonds is 10. The van der Waals surface area contributed by atoms with Gasteiger partial charge in [0.15, 0.2) is 5.16 Å². The zero-order valence-corrected chi connectivity index (χ0v) is 19.5. The summed E-state index contributed by atoms with van der Waals surface area (Å²) in [6, 6.07) is 6.07. The van der Waals surface area contributed by atoms with E-state index in [4.69, 9.17) is 5.73 Å². The van der Waals surface area contributed by atoms with E-state index in [1.165, 1.54) is 11.8 Å². The fraction of sp³-hybridized carbons (Fsp3) is 0.545. The minimum atomic E-state index is -0.366. The van der Waals surface area contributed by atoms with Crippen molar-refractivity contribution < 1.29 is 9.59 Å². The predicted molar refractivity (Wildman–Crippen MR) is 122 cm³/mol. The lowest BCUT2D eigenvalue weighted by Crippen LogP contribution is -2.24. The number of benzene rings is 1. The number of nitrogens with one attached hydrogen (secondary N) is 1. The molecule has 164 valence electrons. The van der Waals surface area contributed by atoms with E-state index in [9.17, 15) is 9.59 Å². The van der Waals surface area contributed by atoms with Gasteiger partial charge in [-0.2, -0.15) is 0 Å². The number of thioether (sulfide) groups is 1. The Morgan fingerprint density at radius 2 is 1.87 bits per heavy atom. The molecule has 3 N–H and O–H groups in total. The molecule has 8 heteroatoms. The molecule has 1 aromatic carbocycles. The average Bonchev–Trinajstić information content (AvgIpc) is 3.02. The van der Waals surface area contributed by atoms with Gasteiger partial charge in [0, 0.05) is 25.1 Å². The van der Waals surface area contributed by atoms with Crippen LogP contribution >= 0.6 is 11.8 Å². The molecule has 0 aliphatic carbocycles. The minimum Gasteiger partial charge on any atom is -0.370 e. The third-order valence-electron chi connectivity index (χ3n) is 4.76. The lowest BCUT2D eigenvalue weighted by atomic mass is 9.98. The Labute approximate surface area is 183 Å². The van der Waals surface area contributed by atoms with Crippen LogP contribution in [0.1, 0.15) is 63.9 Å². The number of amides is 2. The van der Waals surface area contributed by atoms with Crippen molar-refractivity contribution in [3.05, 3.63) is 35.2 Å². The summed E-state index contributed by atoms with van der Waals surface area (Å²) in [6.07, 6.45) is 0.666. The molecule has 1 atom stereocenters. The first kappa shape index (κ1) is 23.9. The maximum Gasteiger partial charge on any atom is 0.237 e. The van der Waals surface area contributed by atoms with Crippen LogP contribution in [0.4, 0.5) is 5.69 Å². The molecule has 1 unspecified atom stereocenters. The van der Waals surface area contributed by atoms with Crippen molar-refractivity contribution in [3.63, 3.8) is 0 Å². The van der Waals surface area contributed by atoms with Gasteiger partial charge >= 0.3 is 0 Å². The fourth-order valence-corrected chi connectivity index (χ4v) is 4.03. The zero-order chi connectivity index (χ0) is 22.4. The van der Waals surface area contributed by atoms with Crippen LogP contribution in [-0.4, -0.2) is 31.8 Å². The lowest BCUT2D eigenvalue weighted by Gasteiger charge is -2.19. The molecule has 0 bridgehead atoms. The van der Waals surface area contributed by atoms with Gasteiger partial charge < -0.3 is 15.6 Å². The molecular weight excluding hydrogens is 398 g/mol. The van der Waals surface area contributed by atoms with Crippen LogP contribution < -0.4 is 11.1 Å². The van der Waals surface area contributed by atoms with Crippen molar-refractivity contribution in [2.24, 2.45) is 11.7 Å². The van der Waals surface area contributed by atoms with E-state index in [2.05, 4.69) is 49.3 Å². The zero-order valence-electron chi connectivity index (χ0n) is 18.7. The van der Waals surface area contributed by atoms with Crippen molar-refractivity contribution >= 4 is 29.3 Å². The molecule has 2 rings (SSSR count). The van der Waals surface area contributed by atoms with E-state index < -0.39 is 0 Å². The van der Waals surface area contributed by atoms with Crippen molar-refractivity contribution in [2.75, 3.05) is 5.32 Å². The number of para-hydroxylation sites is 1. The van der Waals surface area contributed by atoms with Crippen molar-refractivity contribution in [2.45, 2.75) is 77.3 Å². The van der Waals surface area contributed by atoms with E-state index in [1.807, 2.05) is 30.5 Å². The predicted octanol–water partition coefficient (Wildman–Crippen LogP) is 3.90. The second kappa shape index (κ2) is 10.6. The summed E-state index contributed by atoms with van der Waals surface area (Å²) in [7, 11) is 0. The number of aryl methyl sites for hydroxylation is 2. The van der Waals surface area contributed by atoms with Gasteiger partial charge in [0.05, 0.1) is 5.25 Å². The topological polar surface area (TPSA) is 103 Å². The van der Waals surface area contributed by atoms with Gasteiger partial charge in [0.2, 0.25) is 11.8 Å². The summed E-state index contributed by atoms with van der Waals surface area (Å²) in [5.74, 6) is 0.963. The molecule has 0 aliphatic rings. The summed E-state index contributed by atoms with van der Waals surface area (Å²) in [4.78, 5) is 24.1. The first-order valence-corrected chi connectivity index (χ1v) is 11.3. The molecule has 1 aromatic heterocycles. The molecule has 0 aliphatic heterocycles. The molecule has 7 nitrogen and oxygen atoms in total. The number of primary amides is 1. The maximum atomic E-state index is 12.9. The highest BCUT2D eigenvalue weighted by Crippen LogP contribution is 2.29. The van der Waals surface area contributed by atoms with Crippen molar-refractivity contribution in [1.29, 1.82) is 0 Å². The Balaban J connectivity index is 2.18. The van der Waals surface area contributed by atoms with Gasteiger partial charge in [-0.15, -0.1) is 10.2 Å². The number of carbonyl (C=O) groups is 2. The molecule has 0 saturated heterocycles. The van der Waals surface area contributed by atoms with Crippen LogP contribution in [0.25, 0.3) is 0 Å². The molecule has 0 fully saturated rings. The fourth-order valence-electron chi connectivity index (χ4n) is 3.15. The van der Waals surface area contributed by atoms with Gasteiger partial charge in [-0.05, 0) is 36.8 Å². The third kappa shape index (κ3) is 6.32. The van der Waals surface area contributed by atoms with Crippen molar-refractivity contribution in [1.82, 2.24) is 14.8 Å². The van der Waals surface area contributed by atoms with E-state index in [0.717, 1.165) is 22.6 Å². The number of hydrogen-bond donors (Lipinski definition) is 2. The monoisotopic (exact) mass is 431 g/mol. The number of aromatic nitrogens is 3. The molecule has 1 heterocycles. The summed E-state index contributed by atoms with van der Waals surface area (Å²) >= 11 is 1.38. The number of nitrogens with zero attached hydrogens (tertiary/aromatic N) is 3. The molecule has 30 heavy (non-hydrogen) atoms. The number of hydrogen-bond acceptors (Lipinski definition) is 5. The first-order valence-electron chi connectivity index (χ1n) is 10.4. The van der Waals surface area contributed by atoms with Crippen LogP contribution in [0.2, 0.25) is 0 Å². The maximum absolute atomic E-state index is 12.9. The summed E-state index contributed by atoms with van der Waals surface area (Å²) in [5.41, 5.74) is 8.34. The normalized spacial score (nSPS) is 12.4. The molecule has 0 spiro atoms. The van der Waals surface area contributed by atoms with Gasteiger partial charge in [0.1, 0.15) is 5.82 Å². The van der Waals surface area contributed by atoms with Crippen LogP contribution in [0.3, 0.4) is 0 Å². The smallest absolute Gasteiger partial charge is 0.237 e. The quantitative estimate of drug-likeness (QED) is 0.555. The van der Waals surface area contributed by atoms with Crippen LogP contribution in [0.5, 0.6) is 0 Å². The Kier molecular flexibility index (Phi) is 8.46. The highest BCUT2D eigenvalue weighted by molar-refractivity contribution is 8.00. The SMILES string of the molecule is Cc1cccc(C(C)C)c1NC(=O)C(C)Sc1nnc(CCC(N)=O)n1CC(C)C. The summed E-state index contributed by atoms with van der Waals surface area (Å²) in [5, 5.41) is 12.0. The number of nitrogens with two attached hydrogens (primary N) is 1. The summed E-state index contributed by atoms with van der Waals surface area (Å²) < 4.78 is 2.00. The van der Waals surface area contributed by atoms with Gasteiger partial charge in [-0.25, -0.2) is 0 Å². The minimum absolute atomic E-state index is 0.0750. The Morgan fingerprint density at radius 3 is 2.47 bits per heavy atom. The highest BCUT2D eigenvalue weighted by atomic mass is 32.2. The Bertz CT molecular complexity index is 892. The molecule has 0 saturated carbocycles. The largest absolute Gasteiger partial charge is 0.370 e. The van der Waals surface area contributed by atoms with E-state index in [1.54, 1.807) is 0 Å². The Hall–Kier alpha value is -2.35. The van der Waals surface area contributed by atoms with Gasteiger partial charge in [-0.1, -0.05) is 57.7 Å². The molecule has 0 radical (unpaired) electrons. The molecule has 2 amide bonds. The number of anilines is 1. The van der Waals surface area contributed by atoms with Crippen molar-refractivity contribution in [3.8, 4) is 0 Å². The van der Waals surface area contributed by atoms with Crippen LogP contribution in [0.15, 0.2) is 23.4 Å². The van der Waals surface area contributed by atoms with Crippen LogP contribution in [0, 0.1) is 12.8 Å². The number of carbonyl (C=O) groups excluding carboxylic acids is 2. The summed E-state index contributed by atoms with van der Waals surface area (Å²) in [6.45, 7) is 13.0. The van der Waals surface area contributed by atoms with Gasteiger partial charge in [0.25, 0.3) is 0 Å². The van der Waals surface area contributed by atoms with E-state index in [0.29, 0.717) is 30.0 Å². The second-order valence-corrected chi connectivity index (χ2v) is 9.62. The molecule has 2 aromatic rings. The molecular formula is C22H33N5O2S. The van der Waals surface area contributed by atoms with E-state index >= 15 is 0 Å². The Morgan fingerprint density at radius 1 is 1.17 bits per heavy atom. The highest BCUT2D eigenvalue weighted by Gasteiger charge is 2.22. The lowest BCUT2D eigenvalue weighted by molar-refractivity contribution is -0.118. The van der Waals surface area contributed by atoms with Crippen LogP contribution in [-0.2, 0) is 22.6 Å². The van der Waals surface area contributed by atoms with E-state index in [-0.39, 0.29) is 23.5 Å². The average molecular weight is 432 g/mol. The third-order valence-corrected chi connectivity index (χ3v) is 5.84. The second-order valence-electron chi connectivity index (χ2n) is 8.31. The first-order chi connectivity index (χ1) is 14.1. The van der Waals surface area contributed by atoms with Gasteiger partial charge in [-0.3, -0.25) is 9.59 Å².